The number of nitrogens with two attached hydrogens (primary N) is 1. The van der Waals surface area contributed by atoms with Crippen LogP contribution in [0.25, 0.3) is 0 Å². The molecule has 1 aromatic rings. The van der Waals surface area contributed by atoms with Gasteiger partial charge in [0.15, 0.2) is 0 Å². The van der Waals surface area contributed by atoms with Crippen molar-refractivity contribution >= 4 is 5.69 Å². The van der Waals surface area contributed by atoms with Gasteiger partial charge >= 0.3 is 0 Å². The summed E-state index contributed by atoms with van der Waals surface area (Å²) in [7, 11) is 0. The van der Waals surface area contributed by atoms with E-state index in [2.05, 4.69) is 6.58 Å². The van der Waals surface area contributed by atoms with E-state index in [1.165, 1.54) is 12.1 Å². The molecular formula is C11H14N2O2. The van der Waals surface area contributed by atoms with E-state index < -0.39 is 4.92 Å². The summed E-state index contributed by atoms with van der Waals surface area (Å²) < 4.78 is 0. The van der Waals surface area contributed by atoms with Crippen LogP contribution in [0.3, 0.4) is 0 Å². The molecule has 0 bridgehead atoms. The lowest BCUT2D eigenvalue weighted by Crippen LogP contribution is -2.10. The molecule has 1 aromatic carbocycles. The van der Waals surface area contributed by atoms with Crippen LogP contribution < -0.4 is 5.73 Å². The van der Waals surface area contributed by atoms with Gasteiger partial charge in [0.1, 0.15) is 0 Å². The second kappa shape index (κ2) is 4.70. The van der Waals surface area contributed by atoms with Gasteiger partial charge in [0, 0.05) is 18.2 Å². The molecule has 0 unspecified atom stereocenters. The maximum Gasteiger partial charge on any atom is 0.269 e. The second-order valence-corrected chi connectivity index (χ2v) is 3.62. The standard InChI is InChI=1S/C11H14N2O2/c1-8(2)7-11(12)9-3-5-10(6-4-9)13(14)15/h3-6,11H,1,7,12H2,2H3/t11-/m0/s1. The number of nitro benzene ring substituents is 1. The van der Waals surface area contributed by atoms with Crippen LogP contribution in [0.15, 0.2) is 36.4 Å². The Morgan fingerprint density at radius 2 is 2.07 bits per heavy atom. The van der Waals surface area contributed by atoms with Gasteiger partial charge in [-0.3, -0.25) is 10.1 Å². The van der Waals surface area contributed by atoms with E-state index in [-0.39, 0.29) is 11.7 Å². The average Bonchev–Trinajstić information content (AvgIpc) is 2.17. The van der Waals surface area contributed by atoms with Crippen molar-refractivity contribution in [1.29, 1.82) is 0 Å². The molecule has 0 saturated heterocycles. The minimum Gasteiger partial charge on any atom is -0.324 e. The van der Waals surface area contributed by atoms with Gasteiger partial charge in [0.05, 0.1) is 4.92 Å². The van der Waals surface area contributed by atoms with Gasteiger partial charge in [-0.05, 0) is 18.9 Å². The zero-order chi connectivity index (χ0) is 11.4. The molecule has 1 atom stereocenters. The van der Waals surface area contributed by atoms with Gasteiger partial charge < -0.3 is 5.73 Å². The highest BCUT2D eigenvalue weighted by molar-refractivity contribution is 5.34. The Labute approximate surface area is 88.6 Å². The largest absolute Gasteiger partial charge is 0.324 e. The number of hydrogen-bond donors (Lipinski definition) is 1. The van der Waals surface area contributed by atoms with Crippen LogP contribution in [0.2, 0.25) is 0 Å². The van der Waals surface area contributed by atoms with E-state index in [1.807, 2.05) is 6.92 Å². The molecule has 0 spiro atoms. The third-order valence-electron chi connectivity index (χ3n) is 2.10. The predicted molar refractivity (Wildman–Crippen MR) is 59.5 cm³/mol. The Morgan fingerprint density at radius 1 is 1.53 bits per heavy atom. The van der Waals surface area contributed by atoms with Crippen molar-refractivity contribution in [3.63, 3.8) is 0 Å². The Hall–Kier alpha value is -1.68. The number of rotatable bonds is 4. The van der Waals surface area contributed by atoms with Crippen molar-refractivity contribution < 1.29 is 4.92 Å². The summed E-state index contributed by atoms with van der Waals surface area (Å²) in [6.45, 7) is 5.69. The second-order valence-electron chi connectivity index (χ2n) is 3.62. The Kier molecular flexibility index (Phi) is 3.57. The molecule has 4 heteroatoms. The number of benzene rings is 1. The molecular weight excluding hydrogens is 192 g/mol. The highest BCUT2D eigenvalue weighted by Crippen LogP contribution is 2.20. The lowest BCUT2D eigenvalue weighted by Gasteiger charge is -2.11. The zero-order valence-corrected chi connectivity index (χ0v) is 8.64. The van der Waals surface area contributed by atoms with Crippen LogP contribution in [0.1, 0.15) is 24.9 Å². The monoisotopic (exact) mass is 206 g/mol. The molecule has 0 amide bonds. The van der Waals surface area contributed by atoms with E-state index in [0.29, 0.717) is 6.42 Å². The van der Waals surface area contributed by atoms with E-state index in [1.54, 1.807) is 12.1 Å². The van der Waals surface area contributed by atoms with E-state index in [9.17, 15) is 10.1 Å². The van der Waals surface area contributed by atoms with Crippen LogP contribution in [0, 0.1) is 10.1 Å². The molecule has 0 fully saturated rings. The summed E-state index contributed by atoms with van der Waals surface area (Å²) in [6.07, 6.45) is 0.692. The fraction of sp³-hybridized carbons (Fsp3) is 0.273. The third-order valence-corrected chi connectivity index (χ3v) is 2.10. The molecule has 0 aliphatic carbocycles. The molecule has 0 saturated carbocycles. The van der Waals surface area contributed by atoms with Crippen molar-refractivity contribution in [3.8, 4) is 0 Å². The van der Waals surface area contributed by atoms with Crippen LogP contribution in [-0.2, 0) is 0 Å². The molecule has 0 aliphatic rings. The fourth-order valence-corrected chi connectivity index (χ4v) is 1.34. The molecule has 0 aliphatic heterocycles. The van der Waals surface area contributed by atoms with Crippen LogP contribution in [-0.4, -0.2) is 4.92 Å². The topological polar surface area (TPSA) is 69.2 Å². The number of non-ortho nitro benzene ring substituents is 1. The molecule has 0 radical (unpaired) electrons. The predicted octanol–water partition coefficient (Wildman–Crippen LogP) is 2.56. The summed E-state index contributed by atoms with van der Waals surface area (Å²) in [5, 5.41) is 10.4. The van der Waals surface area contributed by atoms with Gasteiger partial charge in [-0.1, -0.05) is 17.7 Å². The lowest BCUT2D eigenvalue weighted by atomic mass is 10.0. The summed E-state index contributed by atoms with van der Waals surface area (Å²) in [5.74, 6) is 0. The maximum atomic E-state index is 10.4. The molecule has 1 rings (SSSR count). The van der Waals surface area contributed by atoms with Crippen molar-refractivity contribution in [2.75, 3.05) is 0 Å². The maximum absolute atomic E-state index is 10.4. The molecule has 80 valence electrons. The Morgan fingerprint density at radius 3 is 2.47 bits per heavy atom. The molecule has 0 heterocycles. The van der Waals surface area contributed by atoms with E-state index >= 15 is 0 Å². The van der Waals surface area contributed by atoms with Gasteiger partial charge in [0.2, 0.25) is 0 Å². The SMILES string of the molecule is C=C(C)C[C@H](N)c1ccc([N+](=O)[O-])cc1. The zero-order valence-electron chi connectivity index (χ0n) is 8.64. The van der Waals surface area contributed by atoms with Gasteiger partial charge in [-0.15, -0.1) is 6.58 Å². The normalized spacial score (nSPS) is 12.1. The fourth-order valence-electron chi connectivity index (χ4n) is 1.34. The van der Waals surface area contributed by atoms with Crippen molar-refractivity contribution in [1.82, 2.24) is 0 Å². The van der Waals surface area contributed by atoms with Crippen molar-refractivity contribution in [3.05, 3.63) is 52.1 Å². The Balaban J connectivity index is 2.79. The highest BCUT2D eigenvalue weighted by atomic mass is 16.6. The number of nitrogens with zero attached hydrogens (tertiary/aromatic N) is 1. The van der Waals surface area contributed by atoms with Gasteiger partial charge in [-0.25, -0.2) is 0 Å². The van der Waals surface area contributed by atoms with E-state index in [4.69, 9.17) is 5.73 Å². The number of nitro groups is 1. The van der Waals surface area contributed by atoms with Crippen LogP contribution in [0.5, 0.6) is 0 Å². The van der Waals surface area contributed by atoms with Gasteiger partial charge in [0.25, 0.3) is 5.69 Å². The summed E-state index contributed by atoms with van der Waals surface area (Å²) in [4.78, 5) is 10.00. The Bertz CT molecular complexity index is 371. The molecule has 0 aromatic heterocycles. The molecule has 15 heavy (non-hydrogen) atoms. The number of hydrogen-bond acceptors (Lipinski definition) is 3. The van der Waals surface area contributed by atoms with Crippen LogP contribution in [0.4, 0.5) is 5.69 Å². The minimum atomic E-state index is -0.423. The minimum absolute atomic E-state index is 0.0845. The average molecular weight is 206 g/mol. The highest BCUT2D eigenvalue weighted by Gasteiger charge is 2.09. The summed E-state index contributed by atoms with van der Waals surface area (Å²) in [6, 6.07) is 6.17. The first kappa shape index (κ1) is 11.4. The molecule has 4 nitrogen and oxygen atoms in total. The first-order valence-corrected chi connectivity index (χ1v) is 4.65. The van der Waals surface area contributed by atoms with Crippen LogP contribution >= 0.6 is 0 Å². The third kappa shape index (κ3) is 3.18. The van der Waals surface area contributed by atoms with Crippen molar-refractivity contribution in [2.45, 2.75) is 19.4 Å². The summed E-state index contributed by atoms with van der Waals surface area (Å²) in [5.41, 5.74) is 7.87. The van der Waals surface area contributed by atoms with E-state index in [0.717, 1.165) is 11.1 Å². The first-order valence-electron chi connectivity index (χ1n) is 4.65. The quantitative estimate of drug-likeness (QED) is 0.467. The van der Waals surface area contributed by atoms with Gasteiger partial charge in [-0.2, -0.15) is 0 Å². The molecule has 2 N–H and O–H groups in total. The first-order chi connectivity index (χ1) is 7.00. The lowest BCUT2D eigenvalue weighted by molar-refractivity contribution is -0.384. The summed E-state index contributed by atoms with van der Waals surface area (Å²) >= 11 is 0. The van der Waals surface area contributed by atoms with Crippen molar-refractivity contribution in [2.24, 2.45) is 5.73 Å². The smallest absolute Gasteiger partial charge is 0.269 e.